The normalized spacial score (nSPS) is 11.8. The third-order valence-corrected chi connectivity index (χ3v) is 4.40. The Hall–Kier alpha value is -1.17. The Morgan fingerprint density at radius 2 is 1.75 bits per heavy atom. The maximum atomic E-state index is 11.8. The Kier molecular flexibility index (Phi) is 4.96. The highest BCUT2D eigenvalue weighted by atomic mass is 32.1. The molecule has 0 fully saturated rings. The van der Waals surface area contributed by atoms with Crippen molar-refractivity contribution in [3.63, 3.8) is 0 Å². The molecule has 0 aliphatic carbocycles. The summed E-state index contributed by atoms with van der Waals surface area (Å²) >= 11 is 3.37. The Morgan fingerprint density at radius 1 is 1.20 bits per heavy atom. The van der Waals surface area contributed by atoms with Gasteiger partial charge in [0.05, 0.1) is 12.6 Å². The van der Waals surface area contributed by atoms with Gasteiger partial charge in [0.2, 0.25) is 0 Å². The standard InChI is InChI=1S/C15H19NO2S2/c1-15(2,3)18-13(17)10-16-14(11-6-4-8-19-11)12-7-5-9-20-12/h4-9,14,16H,10H2,1-3H3. The fraction of sp³-hybridized carbons (Fsp3) is 0.400. The van der Waals surface area contributed by atoms with Crippen LogP contribution in [0.3, 0.4) is 0 Å². The monoisotopic (exact) mass is 309 g/mol. The van der Waals surface area contributed by atoms with Crippen molar-refractivity contribution in [1.29, 1.82) is 0 Å². The van der Waals surface area contributed by atoms with E-state index in [0.29, 0.717) is 0 Å². The number of carbonyl (C=O) groups is 1. The molecular weight excluding hydrogens is 290 g/mol. The van der Waals surface area contributed by atoms with E-state index in [-0.39, 0.29) is 18.6 Å². The van der Waals surface area contributed by atoms with Crippen LogP contribution in [0.5, 0.6) is 0 Å². The Bertz CT molecular complexity index is 492. The maximum Gasteiger partial charge on any atom is 0.320 e. The summed E-state index contributed by atoms with van der Waals surface area (Å²) in [6, 6.07) is 8.27. The fourth-order valence-electron chi connectivity index (χ4n) is 1.82. The Balaban J connectivity index is 2.01. The average Bonchev–Trinajstić information content (AvgIpc) is 2.98. The number of carbonyl (C=O) groups excluding carboxylic acids is 1. The largest absolute Gasteiger partial charge is 0.459 e. The van der Waals surface area contributed by atoms with Gasteiger partial charge in [0, 0.05) is 9.75 Å². The first-order chi connectivity index (χ1) is 9.46. The van der Waals surface area contributed by atoms with Crippen molar-refractivity contribution < 1.29 is 9.53 Å². The van der Waals surface area contributed by atoms with Gasteiger partial charge >= 0.3 is 5.97 Å². The van der Waals surface area contributed by atoms with E-state index in [1.54, 1.807) is 22.7 Å². The molecule has 20 heavy (non-hydrogen) atoms. The molecule has 3 nitrogen and oxygen atoms in total. The van der Waals surface area contributed by atoms with Crippen LogP contribution in [0.4, 0.5) is 0 Å². The van der Waals surface area contributed by atoms with Crippen molar-refractivity contribution in [1.82, 2.24) is 5.32 Å². The molecule has 5 heteroatoms. The minimum atomic E-state index is -0.444. The molecule has 0 aromatic carbocycles. The van der Waals surface area contributed by atoms with Gasteiger partial charge < -0.3 is 4.74 Å². The zero-order chi connectivity index (χ0) is 14.6. The first-order valence-electron chi connectivity index (χ1n) is 6.48. The second-order valence-electron chi connectivity index (χ2n) is 5.43. The number of hydrogen-bond acceptors (Lipinski definition) is 5. The lowest BCUT2D eigenvalue weighted by Gasteiger charge is -2.21. The topological polar surface area (TPSA) is 38.3 Å². The van der Waals surface area contributed by atoms with Crippen molar-refractivity contribution in [3.05, 3.63) is 44.8 Å². The molecule has 0 bridgehead atoms. The average molecular weight is 309 g/mol. The van der Waals surface area contributed by atoms with E-state index in [9.17, 15) is 4.79 Å². The summed E-state index contributed by atoms with van der Waals surface area (Å²) in [6.07, 6.45) is 0. The van der Waals surface area contributed by atoms with Gasteiger partial charge in [-0.25, -0.2) is 0 Å². The van der Waals surface area contributed by atoms with E-state index in [0.717, 1.165) is 0 Å². The quantitative estimate of drug-likeness (QED) is 0.853. The molecule has 2 rings (SSSR count). The molecule has 0 unspecified atom stereocenters. The highest BCUT2D eigenvalue weighted by Crippen LogP contribution is 2.28. The number of hydrogen-bond donors (Lipinski definition) is 1. The van der Waals surface area contributed by atoms with Gasteiger partial charge in [-0.1, -0.05) is 12.1 Å². The van der Waals surface area contributed by atoms with Gasteiger partial charge in [0.15, 0.2) is 0 Å². The first-order valence-corrected chi connectivity index (χ1v) is 8.24. The molecule has 2 heterocycles. The van der Waals surface area contributed by atoms with Crippen LogP contribution in [0, 0.1) is 0 Å². The summed E-state index contributed by atoms with van der Waals surface area (Å²) in [4.78, 5) is 14.2. The third kappa shape index (κ3) is 4.44. The molecule has 2 aromatic rings. The van der Waals surface area contributed by atoms with Gasteiger partial charge in [-0.2, -0.15) is 0 Å². The summed E-state index contributed by atoms with van der Waals surface area (Å²) in [5.74, 6) is -0.226. The highest BCUT2D eigenvalue weighted by Gasteiger charge is 2.20. The van der Waals surface area contributed by atoms with Crippen LogP contribution >= 0.6 is 22.7 Å². The van der Waals surface area contributed by atoms with E-state index >= 15 is 0 Å². The van der Waals surface area contributed by atoms with E-state index in [2.05, 4.69) is 17.4 Å². The third-order valence-electron chi connectivity index (χ3n) is 2.53. The van der Waals surface area contributed by atoms with Crippen LogP contribution in [0.25, 0.3) is 0 Å². The molecule has 0 aliphatic heterocycles. The molecule has 0 saturated carbocycles. The molecule has 0 radical (unpaired) electrons. The smallest absolute Gasteiger partial charge is 0.320 e. The van der Waals surface area contributed by atoms with Gasteiger partial charge in [-0.15, -0.1) is 22.7 Å². The molecular formula is C15H19NO2S2. The van der Waals surface area contributed by atoms with Gasteiger partial charge in [-0.05, 0) is 43.7 Å². The number of nitrogens with one attached hydrogen (secondary N) is 1. The lowest BCUT2D eigenvalue weighted by atomic mass is 10.2. The molecule has 0 atom stereocenters. The maximum absolute atomic E-state index is 11.8. The lowest BCUT2D eigenvalue weighted by Crippen LogP contribution is -2.33. The molecule has 0 spiro atoms. The van der Waals surface area contributed by atoms with Crippen LogP contribution in [-0.4, -0.2) is 18.1 Å². The summed E-state index contributed by atoms with van der Waals surface area (Å²) in [7, 11) is 0. The Morgan fingerprint density at radius 3 is 2.15 bits per heavy atom. The van der Waals surface area contributed by atoms with Crippen molar-refractivity contribution in [2.75, 3.05) is 6.54 Å². The fourth-order valence-corrected chi connectivity index (χ4v) is 3.53. The zero-order valence-corrected chi connectivity index (χ0v) is 13.5. The van der Waals surface area contributed by atoms with Crippen LogP contribution in [0.2, 0.25) is 0 Å². The molecule has 0 amide bonds. The first kappa shape index (κ1) is 15.2. The minimum absolute atomic E-state index is 0.0579. The van der Waals surface area contributed by atoms with E-state index < -0.39 is 5.60 Å². The van der Waals surface area contributed by atoms with Crippen molar-refractivity contribution in [3.8, 4) is 0 Å². The molecule has 2 aromatic heterocycles. The van der Waals surface area contributed by atoms with Gasteiger partial charge in [0.25, 0.3) is 0 Å². The van der Waals surface area contributed by atoms with Gasteiger partial charge in [0.1, 0.15) is 5.60 Å². The molecule has 0 saturated heterocycles. The van der Waals surface area contributed by atoms with Crippen LogP contribution in [-0.2, 0) is 9.53 Å². The van der Waals surface area contributed by atoms with E-state index in [1.807, 2.05) is 43.7 Å². The predicted molar refractivity (Wildman–Crippen MR) is 84.3 cm³/mol. The van der Waals surface area contributed by atoms with Crippen molar-refractivity contribution in [2.24, 2.45) is 0 Å². The number of thiophene rings is 2. The molecule has 108 valence electrons. The van der Waals surface area contributed by atoms with Crippen molar-refractivity contribution in [2.45, 2.75) is 32.4 Å². The minimum Gasteiger partial charge on any atom is -0.459 e. The molecule has 1 N–H and O–H groups in total. The number of esters is 1. The van der Waals surface area contributed by atoms with Gasteiger partial charge in [-0.3, -0.25) is 10.1 Å². The Labute approximate surface area is 127 Å². The number of rotatable bonds is 5. The highest BCUT2D eigenvalue weighted by molar-refractivity contribution is 7.11. The lowest BCUT2D eigenvalue weighted by molar-refractivity contribution is -0.153. The summed E-state index contributed by atoms with van der Waals surface area (Å²) < 4.78 is 5.33. The van der Waals surface area contributed by atoms with Crippen LogP contribution in [0.1, 0.15) is 36.6 Å². The van der Waals surface area contributed by atoms with Crippen LogP contribution < -0.4 is 5.32 Å². The summed E-state index contributed by atoms with van der Waals surface area (Å²) in [6.45, 7) is 5.83. The summed E-state index contributed by atoms with van der Waals surface area (Å²) in [5, 5.41) is 7.39. The zero-order valence-electron chi connectivity index (χ0n) is 11.9. The van der Waals surface area contributed by atoms with Crippen molar-refractivity contribution >= 4 is 28.6 Å². The second kappa shape index (κ2) is 6.52. The molecule has 0 aliphatic rings. The predicted octanol–water partition coefficient (Wildman–Crippen LogP) is 3.83. The number of ether oxygens (including phenoxy) is 1. The second-order valence-corrected chi connectivity index (χ2v) is 7.39. The van der Waals surface area contributed by atoms with Crippen LogP contribution in [0.15, 0.2) is 35.0 Å². The SMILES string of the molecule is CC(C)(C)OC(=O)CNC(c1cccs1)c1cccs1. The summed E-state index contributed by atoms with van der Waals surface area (Å²) in [5.41, 5.74) is -0.444. The van der Waals surface area contributed by atoms with E-state index in [4.69, 9.17) is 4.74 Å². The van der Waals surface area contributed by atoms with E-state index in [1.165, 1.54) is 9.75 Å².